The first-order valence-electron chi connectivity index (χ1n) is 5.35. The third-order valence-corrected chi connectivity index (χ3v) is 2.48. The van der Waals surface area contributed by atoms with Crippen molar-refractivity contribution in [1.82, 2.24) is 0 Å². The SMILES string of the molecule is COc1ccccc1Oc1cccc(C#N)c1N. The Kier molecular flexibility index (Phi) is 3.35. The van der Waals surface area contributed by atoms with E-state index in [0.717, 1.165) is 0 Å². The second-order valence-electron chi connectivity index (χ2n) is 3.58. The van der Waals surface area contributed by atoms with Crippen molar-refractivity contribution in [3.63, 3.8) is 0 Å². The summed E-state index contributed by atoms with van der Waals surface area (Å²) >= 11 is 0. The van der Waals surface area contributed by atoms with Crippen LogP contribution in [0.15, 0.2) is 42.5 Å². The fourth-order valence-corrected chi connectivity index (χ4v) is 1.55. The number of nitrogens with zero attached hydrogens (tertiary/aromatic N) is 1. The Morgan fingerprint density at radius 1 is 1.00 bits per heavy atom. The van der Waals surface area contributed by atoms with Gasteiger partial charge in [-0.25, -0.2) is 0 Å². The first kappa shape index (κ1) is 11.8. The molecule has 2 aromatic rings. The molecule has 0 spiro atoms. The smallest absolute Gasteiger partial charge is 0.169 e. The Labute approximate surface area is 105 Å². The Bertz CT molecular complexity index is 603. The molecule has 4 heteroatoms. The number of anilines is 1. The van der Waals surface area contributed by atoms with Gasteiger partial charge in [-0.3, -0.25) is 0 Å². The van der Waals surface area contributed by atoms with Crippen molar-refractivity contribution in [3.8, 4) is 23.3 Å². The average Bonchev–Trinajstić information content (AvgIpc) is 2.42. The molecule has 2 rings (SSSR count). The summed E-state index contributed by atoms with van der Waals surface area (Å²) in [4.78, 5) is 0. The summed E-state index contributed by atoms with van der Waals surface area (Å²) < 4.78 is 10.9. The zero-order chi connectivity index (χ0) is 13.0. The highest BCUT2D eigenvalue weighted by Gasteiger charge is 2.09. The van der Waals surface area contributed by atoms with Gasteiger partial charge < -0.3 is 15.2 Å². The summed E-state index contributed by atoms with van der Waals surface area (Å²) in [6.45, 7) is 0. The molecular formula is C14H12N2O2. The average molecular weight is 240 g/mol. The number of hydrogen-bond acceptors (Lipinski definition) is 4. The van der Waals surface area contributed by atoms with Crippen molar-refractivity contribution in [3.05, 3.63) is 48.0 Å². The number of rotatable bonds is 3. The van der Waals surface area contributed by atoms with E-state index in [0.29, 0.717) is 28.5 Å². The fraction of sp³-hybridized carbons (Fsp3) is 0.0714. The zero-order valence-electron chi connectivity index (χ0n) is 9.88. The molecule has 0 aliphatic carbocycles. The van der Waals surface area contributed by atoms with Crippen LogP contribution >= 0.6 is 0 Å². The minimum absolute atomic E-state index is 0.325. The van der Waals surface area contributed by atoms with Crippen molar-refractivity contribution in [2.45, 2.75) is 0 Å². The maximum absolute atomic E-state index is 8.90. The molecule has 0 atom stereocenters. The monoisotopic (exact) mass is 240 g/mol. The van der Waals surface area contributed by atoms with Gasteiger partial charge in [0, 0.05) is 0 Å². The van der Waals surface area contributed by atoms with E-state index in [4.69, 9.17) is 20.5 Å². The van der Waals surface area contributed by atoms with E-state index in [9.17, 15) is 0 Å². The van der Waals surface area contributed by atoms with Gasteiger partial charge in [0.2, 0.25) is 0 Å². The third kappa shape index (κ3) is 2.20. The second kappa shape index (κ2) is 5.11. The van der Waals surface area contributed by atoms with Gasteiger partial charge in [-0.1, -0.05) is 18.2 Å². The van der Waals surface area contributed by atoms with Crippen LogP contribution in [0, 0.1) is 11.3 Å². The number of methoxy groups -OCH3 is 1. The Morgan fingerprint density at radius 2 is 1.67 bits per heavy atom. The molecule has 0 aliphatic rings. The zero-order valence-corrected chi connectivity index (χ0v) is 9.88. The third-order valence-electron chi connectivity index (χ3n) is 2.48. The standard InChI is InChI=1S/C14H12N2O2/c1-17-11-6-2-3-7-12(11)18-13-8-4-5-10(9-15)14(13)16/h2-8H,16H2,1H3. The van der Waals surface area contributed by atoms with E-state index in [1.165, 1.54) is 0 Å². The largest absolute Gasteiger partial charge is 0.493 e. The van der Waals surface area contributed by atoms with Crippen LogP contribution in [0.3, 0.4) is 0 Å². The van der Waals surface area contributed by atoms with Crippen LogP contribution in [0.5, 0.6) is 17.2 Å². The molecule has 0 amide bonds. The minimum Gasteiger partial charge on any atom is -0.493 e. The molecule has 0 aromatic heterocycles. The van der Waals surface area contributed by atoms with Gasteiger partial charge in [-0.05, 0) is 24.3 Å². The molecule has 0 fully saturated rings. The summed E-state index contributed by atoms with van der Waals surface area (Å²) in [6, 6.07) is 14.3. The van der Waals surface area contributed by atoms with Crippen LogP contribution in [0.2, 0.25) is 0 Å². The predicted molar refractivity (Wildman–Crippen MR) is 68.6 cm³/mol. The minimum atomic E-state index is 0.325. The van der Waals surface area contributed by atoms with Gasteiger partial charge in [-0.15, -0.1) is 0 Å². The molecule has 0 unspecified atom stereocenters. The summed E-state index contributed by atoms with van der Waals surface area (Å²) in [5.41, 5.74) is 6.56. The molecule has 0 saturated heterocycles. The number of nitrogens with two attached hydrogens (primary N) is 1. The van der Waals surface area contributed by atoms with Crippen molar-refractivity contribution >= 4 is 5.69 Å². The lowest BCUT2D eigenvalue weighted by Gasteiger charge is -2.12. The Balaban J connectivity index is 2.38. The summed E-state index contributed by atoms with van der Waals surface area (Å²) in [5, 5.41) is 8.90. The second-order valence-corrected chi connectivity index (χ2v) is 3.58. The maximum atomic E-state index is 8.90. The van der Waals surface area contributed by atoms with E-state index in [1.807, 2.05) is 18.2 Å². The van der Waals surface area contributed by atoms with Gasteiger partial charge in [0.15, 0.2) is 17.2 Å². The molecule has 0 heterocycles. The molecule has 0 saturated carbocycles. The van der Waals surface area contributed by atoms with Gasteiger partial charge in [0.05, 0.1) is 18.4 Å². The number of nitrogen functional groups attached to an aromatic ring is 1. The van der Waals surface area contributed by atoms with Gasteiger partial charge >= 0.3 is 0 Å². The van der Waals surface area contributed by atoms with Crippen molar-refractivity contribution in [2.75, 3.05) is 12.8 Å². The lowest BCUT2D eigenvalue weighted by atomic mass is 10.2. The van der Waals surface area contributed by atoms with Gasteiger partial charge in [0.25, 0.3) is 0 Å². The summed E-state index contributed by atoms with van der Waals surface area (Å²) in [6.07, 6.45) is 0. The van der Waals surface area contributed by atoms with Crippen molar-refractivity contribution in [2.24, 2.45) is 0 Å². The Hall–Kier alpha value is -2.67. The lowest BCUT2D eigenvalue weighted by Crippen LogP contribution is -1.96. The highest BCUT2D eigenvalue weighted by atomic mass is 16.5. The highest BCUT2D eigenvalue weighted by Crippen LogP contribution is 2.34. The van der Waals surface area contributed by atoms with E-state index in [-0.39, 0.29) is 0 Å². The van der Waals surface area contributed by atoms with Crippen molar-refractivity contribution in [1.29, 1.82) is 5.26 Å². The topological polar surface area (TPSA) is 68.3 Å². The number of nitriles is 1. The molecule has 18 heavy (non-hydrogen) atoms. The van der Waals surface area contributed by atoms with E-state index in [2.05, 4.69) is 0 Å². The van der Waals surface area contributed by atoms with E-state index < -0.39 is 0 Å². The number of para-hydroxylation sites is 3. The molecule has 90 valence electrons. The molecule has 0 radical (unpaired) electrons. The first-order chi connectivity index (χ1) is 8.76. The van der Waals surface area contributed by atoms with Crippen LogP contribution in [-0.2, 0) is 0 Å². The molecule has 2 aromatic carbocycles. The van der Waals surface area contributed by atoms with E-state index >= 15 is 0 Å². The van der Waals surface area contributed by atoms with Crippen LogP contribution < -0.4 is 15.2 Å². The summed E-state index contributed by atoms with van der Waals surface area (Å²) in [7, 11) is 1.57. The fourth-order valence-electron chi connectivity index (χ4n) is 1.55. The Morgan fingerprint density at radius 3 is 2.33 bits per heavy atom. The number of hydrogen-bond donors (Lipinski definition) is 1. The van der Waals surface area contributed by atoms with Gasteiger partial charge in [-0.2, -0.15) is 5.26 Å². The quantitative estimate of drug-likeness (QED) is 0.837. The number of ether oxygens (including phenoxy) is 2. The van der Waals surface area contributed by atoms with Crippen LogP contribution in [0.4, 0.5) is 5.69 Å². The van der Waals surface area contributed by atoms with Gasteiger partial charge in [0.1, 0.15) is 6.07 Å². The first-order valence-corrected chi connectivity index (χ1v) is 5.35. The van der Waals surface area contributed by atoms with Crippen LogP contribution in [0.1, 0.15) is 5.56 Å². The molecular weight excluding hydrogens is 228 g/mol. The molecule has 2 N–H and O–H groups in total. The maximum Gasteiger partial charge on any atom is 0.169 e. The lowest BCUT2D eigenvalue weighted by molar-refractivity contribution is 0.379. The molecule has 0 aliphatic heterocycles. The van der Waals surface area contributed by atoms with E-state index in [1.54, 1.807) is 37.4 Å². The number of benzene rings is 2. The predicted octanol–water partition coefficient (Wildman–Crippen LogP) is 2.94. The highest BCUT2D eigenvalue weighted by molar-refractivity contribution is 5.64. The van der Waals surface area contributed by atoms with Crippen LogP contribution in [-0.4, -0.2) is 7.11 Å². The van der Waals surface area contributed by atoms with Crippen molar-refractivity contribution < 1.29 is 9.47 Å². The molecule has 4 nitrogen and oxygen atoms in total. The summed E-state index contributed by atoms with van der Waals surface area (Å²) in [5.74, 6) is 1.61. The molecule has 0 bridgehead atoms. The normalized spacial score (nSPS) is 9.56. The van der Waals surface area contributed by atoms with Crippen LogP contribution in [0.25, 0.3) is 0 Å².